The van der Waals surface area contributed by atoms with E-state index in [0.29, 0.717) is 35.5 Å². The van der Waals surface area contributed by atoms with E-state index in [1.807, 2.05) is 0 Å². The molecule has 1 saturated carbocycles. The molecule has 8 heteroatoms. The number of sulfone groups is 1. The Morgan fingerprint density at radius 2 is 1.79 bits per heavy atom. The van der Waals surface area contributed by atoms with E-state index in [1.165, 1.54) is 23.9 Å². The first-order valence-electron chi connectivity index (χ1n) is 9.63. The van der Waals surface area contributed by atoms with Gasteiger partial charge in [0.05, 0.1) is 21.8 Å². The smallest absolute Gasteiger partial charge is 0.254 e. The Morgan fingerprint density at radius 1 is 1.03 bits per heavy atom. The predicted molar refractivity (Wildman–Crippen MR) is 108 cm³/mol. The average Bonchev–Trinajstić information content (AvgIpc) is 3.25. The molecule has 29 heavy (non-hydrogen) atoms. The van der Waals surface area contributed by atoms with Gasteiger partial charge in [-0.3, -0.25) is 4.79 Å². The number of rotatable bonds is 4. The van der Waals surface area contributed by atoms with Gasteiger partial charge in [0.1, 0.15) is 11.6 Å². The van der Waals surface area contributed by atoms with E-state index in [1.54, 1.807) is 12.1 Å². The van der Waals surface area contributed by atoms with Crippen molar-refractivity contribution in [3.05, 3.63) is 59.2 Å². The second kappa shape index (κ2) is 8.07. The molecule has 2 aromatic carbocycles. The first-order valence-corrected chi connectivity index (χ1v) is 12.2. The minimum Gasteiger partial charge on any atom is -0.345 e. The second-order valence-electron chi connectivity index (χ2n) is 7.41. The maximum Gasteiger partial charge on any atom is 0.254 e. The highest BCUT2D eigenvalue weighted by Gasteiger charge is 2.32. The largest absolute Gasteiger partial charge is 0.345 e. The fourth-order valence-corrected chi connectivity index (χ4v) is 7.04. The summed E-state index contributed by atoms with van der Waals surface area (Å²) >= 11 is 1.39. The van der Waals surface area contributed by atoms with Crippen LogP contribution in [0, 0.1) is 11.6 Å². The third-order valence-electron chi connectivity index (χ3n) is 5.58. The summed E-state index contributed by atoms with van der Waals surface area (Å²) in [6.45, 7) is 0. The molecule has 1 unspecified atom stereocenters. The lowest BCUT2D eigenvalue weighted by atomic mass is 10.0. The number of halogens is 2. The van der Waals surface area contributed by atoms with Gasteiger partial charge in [-0.05, 0) is 49.1 Å². The van der Waals surface area contributed by atoms with Gasteiger partial charge in [-0.2, -0.15) is 0 Å². The van der Waals surface area contributed by atoms with Gasteiger partial charge >= 0.3 is 0 Å². The lowest BCUT2D eigenvalue weighted by Gasteiger charge is -2.26. The maximum absolute atomic E-state index is 14.4. The fourth-order valence-electron chi connectivity index (χ4n) is 4.02. The van der Waals surface area contributed by atoms with E-state index in [0.717, 1.165) is 25.0 Å². The molecule has 4 nitrogen and oxygen atoms in total. The summed E-state index contributed by atoms with van der Waals surface area (Å²) in [4.78, 5) is 13.2. The molecular weight excluding hydrogens is 416 g/mol. The summed E-state index contributed by atoms with van der Waals surface area (Å²) in [5, 5.41) is 2.28. The minimum atomic E-state index is -3.60. The topological polar surface area (TPSA) is 63.2 Å². The molecule has 1 amide bonds. The van der Waals surface area contributed by atoms with E-state index in [2.05, 4.69) is 5.32 Å². The Kier molecular flexibility index (Phi) is 5.66. The molecule has 1 heterocycles. The lowest BCUT2D eigenvalue weighted by molar-refractivity contribution is 0.0930. The molecule has 4 rings (SSSR count). The van der Waals surface area contributed by atoms with Gasteiger partial charge in [-0.25, -0.2) is 17.2 Å². The SMILES string of the molecule is O=C(NC1CCSc2c(F)cccc21)c1cc(S(=O)(=O)C2CCCC2)ccc1F. The number of carbonyl (C=O) groups excluding carboxylic acids is 1. The third-order valence-corrected chi connectivity index (χ3v) is 9.00. The molecule has 0 spiro atoms. The van der Waals surface area contributed by atoms with Crippen molar-refractivity contribution >= 4 is 27.5 Å². The molecule has 154 valence electrons. The standard InChI is InChI=1S/C21H21F2NO3S2/c22-17-9-8-14(29(26,27)13-4-1-2-5-13)12-16(17)21(25)24-19-10-11-28-20-15(19)6-3-7-18(20)23/h3,6-9,12-13,19H,1-2,4-5,10-11H2,(H,24,25). The van der Waals surface area contributed by atoms with Crippen LogP contribution in [0.15, 0.2) is 46.2 Å². The number of nitrogens with one attached hydrogen (secondary N) is 1. The highest BCUT2D eigenvalue weighted by atomic mass is 32.2. The van der Waals surface area contributed by atoms with Crippen LogP contribution in [0.3, 0.4) is 0 Å². The van der Waals surface area contributed by atoms with Gasteiger partial charge in [-0.1, -0.05) is 25.0 Å². The molecule has 1 N–H and O–H groups in total. The number of hydrogen-bond donors (Lipinski definition) is 1. The maximum atomic E-state index is 14.4. The van der Waals surface area contributed by atoms with Crippen molar-refractivity contribution in [3.63, 3.8) is 0 Å². The highest BCUT2D eigenvalue weighted by molar-refractivity contribution is 7.99. The Bertz CT molecular complexity index is 1050. The zero-order valence-electron chi connectivity index (χ0n) is 15.7. The molecule has 1 aliphatic heterocycles. The van der Waals surface area contributed by atoms with E-state index < -0.39 is 32.9 Å². The van der Waals surface area contributed by atoms with Crippen molar-refractivity contribution in [3.8, 4) is 0 Å². The van der Waals surface area contributed by atoms with Crippen molar-refractivity contribution in [2.24, 2.45) is 0 Å². The highest BCUT2D eigenvalue weighted by Crippen LogP contribution is 2.38. The van der Waals surface area contributed by atoms with Crippen LogP contribution >= 0.6 is 11.8 Å². The predicted octanol–water partition coefficient (Wildman–Crippen LogP) is 4.65. The van der Waals surface area contributed by atoms with Gasteiger partial charge in [0.25, 0.3) is 5.91 Å². The van der Waals surface area contributed by atoms with Crippen LogP contribution in [0.4, 0.5) is 8.78 Å². The number of carbonyl (C=O) groups is 1. The first kappa shape index (κ1) is 20.3. The minimum absolute atomic E-state index is 0.0263. The summed E-state index contributed by atoms with van der Waals surface area (Å²) < 4.78 is 54.0. The monoisotopic (exact) mass is 437 g/mol. The molecule has 1 atom stereocenters. The Labute approximate surface area is 173 Å². The summed E-state index contributed by atoms with van der Waals surface area (Å²) in [5.74, 6) is -1.20. The van der Waals surface area contributed by atoms with Gasteiger partial charge in [0.15, 0.2) is 9.84 Å². The molecule has 1 aliphatic carbocycles. The number of benzene rings is 2. The van der Waals surface area contributed by atoms with E-state index in [9.17, 15) is 22.0 Å². The molecule has 2 aliphatic rings. The van der Waals surface area contributed by atoms with Crippen LogP contribution in [-0.4, -0.2) is 25.3 Å². The fraction of sp³-hybridized carbons (Fsp3) is 0.381. The molecule has 2 aromatic rings. The van der Waals surface area contributed by atoms with E-state index >= 15 is 0 Å². The van der Waals surface area contributed by atoms with E-state index in [4.69, 9.17) is 0 Å². The molecule has 1 fully saturated rings. The Balaban J connectivity index is 1.61. The summed E-state index contributed by atoms with van der Waals surface area (Å²) in [6.07, 6.45) is 3.46. The first-order chi connectivity index (χ1) is 13.9. The molecule has 0 radical (unpaired) electrons. The Hall–Kier alpha value is -1.93. The van der Waals surface area contributed by atoms with Crippen molar-refractivity contribution in [2.45, 2.75) is 53.2 Å². The van der Waals surface area contributed by atoms with Gasteiger partial charge in [0.2, 0.25) is 0 Å². The van der Waals surface area contributed by atoms with Crippen molar-refractivity contribution < 1.29 is 22.0 Å². The normalized spacial score (nSPS) is 19.7. The van der Waals surface area contributed by atoms with Crippen LogP contribution in [0.5, 0.6) is 0 Å². The quantitative estimate of drug-likeness (QED) is 0.708. The third kappa shape index (κ3) is 3.92. The summed E-state index contributed by atoms with van der Waals surface area (Å²) in [7, 11) is -3.60. The molecule has 0 bridgehead atoms. The summed E-state index contributed by atoms with van der Waals surface area (Å²) in [5.41, 5.74) is 0.352. The van der Waals surface area contributed by atoms with Gasteiger partial charge in [0, 0.05) is 10.6 Å². The van der Waals surface area contributed by atoms with Crippen LogP contribution in [0.2, 0.25) is 0 Å². The zero-order valence-corrected chi connectivity index (χ0v) is 17.3. The van der Waals surface area contributed by atoms with Gasteiger partial charge in [-0.15, -0.1) is 11.8 Å². The summed E-state index contributed by atoms with van der Waals surface area (Å²) in [6, 6.07) is 7.61. The van der Waals surface area contributed by atoms with Crippen molar-refractivity contribution in [2.75, 3.05) is 5.75 Å². The van der Waals surface area contributed by atoms with Crippen LogP contribution in [0.25, 0.3) is 0 Å². The van der Waals surface area contributed by atoms with Crippen LogP contribution < -0.4 is 5.32 Å². The Morgan fingerprint density at radius 3 is 2.55 bits per heavy atom. The number of thioether (sulfide) groups is 1. The van der Waals surface area contributed by atoms with Crippen LogP contribution in [-0.2, 0) is 9.84 Å². The molecular formula is C21H21F2NO3S2. The second-order valence-corrected chi connectivity index (χ2v) is 10.7. The van der Waals surface area contributed by atoms with E-state index in [-0.39, 0.29) is 16.3 Å². The lowest BCUT2D eigenvalue weighted by Crippen LogP contribution is -2.31. The molecule has 0 saturated heterocycles. The zero-order chi connectivity index (χ0) is 20.6. The number of amides is 1. The average molecular weight is 438 g/mol. The molecule has 0 aromatic heterocycles. The van der Waals surface area contributed by atoms with Crippen LogP contribution in [0.1, 0.15) is 54.1 Å². The van der Waals surface area contributed by atoms with Gasteiger partial charge < -0.3 is 5.32 Å². The number of hydrogen-bond acceptors (Lipinski definition) is 4. The van der Waals surface area contributed by atoms with Crippen molar-refractivity contribution in [1.82, 2.24) is 5.32 Å². The van der Waals surface area contributed by atoms with Crippen molar-refractivity contribution in [1.29, 1.82) is 0 Å². The number of fused-ring (bicyclic) bond motifs is 1.